The number of phenolic OH excluding ortho intramolecular Hbond substituents is 1. The summed E-state index contributed by atoms with van der Waals surface area (Å²) in [5.41, 5.74) is 0.983. The predicted molar refractivity (Wildman–Crippen MR) is 57.2 cm³/mol. The van der Waals surface area contributed by atoms with Gasteiger partial charge in [-0.15, -0.1) is 0 Å². The Balaban J connectivity index is 2.70. The van der Waals surface area contributed by atoms with Crippen molar-refractivity contribution in [3.63, 3.8) is 0 Å². The number of aromatic hydroxyl groups is 1. The van der Waals surface area contributed by atoms with Crippen LogP contribution in [-0.2, 0) is 9.53 Å². The van der Waals surface area contributed by atoms with E-state index < -0.39 is 11.9 Å². The number of carbonyl (C=O) groups excluding carboxylic acids is 2. The highest BCUT2D eigenvalue weighted by molar-refractivity contribution is 5.98. The molecule has 86 valence electrons. The van der Waals surface area contributed by atoms with E-state index in [2.05, 4.69) is 10.1 Å². The van der Waals surface area contributed by atoms with E-state index in [-0.39, 0.29) is 17.9 Å². The van der Waals surface area contributed by atoms with Crippen LogP contribution in [0.3, 0.4) is 0 Å². The van der Waals surface area contributed by atoms with E-state index in [4.69, 9.17) is 0 Å². The van der Waals surface area contributed by atoms with Gasteiger partial charge in [0.15, 0.2) is 0 Å². The average molecular weight is 223 g/mol. The van der Waals surface area contributed by atoms with E-state index in [0.29, 0.717) is 0 Å². The fourth-order valence-electron chi connectivity index (χ4n) is 1.15. The molecule has 5 heteroatoms. The summed E-state index contributed by atoms with van der Waals surface area (Å²) in [6, 6.07) is 4.68. The minimum Gasteiger partial charge on any atom is -0.507 e. The first-order valence-corrected chi connectivity index (χ1v) is 4.69. The fraction of sp³-hybridized carbons (Fsp3) is 0.273. The van der Waals surface area contributed by atoms with E-state index in [1.54, 1.807) is 13.0 Å². The third-order valence-electron chi connectivity index (χ3n) is 2.02. The van der Waals surface area contributed by atoms with Gasteiger partial charge in [-0.05, 0) is 24.6 Å². The molecule has 0 aliphatic carbocycles. The van der Waals surface area contributed by atoms with Gasteiger partial charge in [0.25, 0.3) is 5.91 Å². The van der Waals surface area contributed by atoms with E-state index in [1.807, 2.05) is 0 Å². The Morgan fingerprint density at radius 2 is 2.12 bits per heavy atom. The number of esters is 1. The number of hydrogen-bond acceptors (Lipinski definition) is 4. The lowest BCUT2D eigenvalue weighted by atomic mass is 10.1. The molecule has 0 atom stereocenters. The summed E-state index contributed by atoms with van der Waals surface area (Å²) in [5.74, 6) is -1.16. The Kier molecular flexibility index (Phi) is 3.88. The van der Waals surface area contributed by atoms with Crippen molar-refractivity contribution >= 4 is 11.9 Å². The van der Waals surface area contributed by atoms with Crippen LogP contribution >= 0.6 is 0 Å². The van der Waals surface area contributed by atoms with Crippen LogP contribution in [-0.4, -0.2) is 30.6 Å². The average Bonchev–Trinajstić information content (AvgIpc) is 2.25. The number of methoxy groups -OCH3 is 1. The molecule has 0 unspecified atom stereocenters. The van der Waals surface area contributed by atoms with Gasteiger partial charge in [-0.25, -0.2) is 0 Å². The monoisotopic (exact) mass is 223 g/mol. The fourth-order valence-corrected chi connectivity index (χ4v) is 1.15. The van der Waals surface area contributed by atoms with Crippen LogP contribution < -0.4 is 5.32 Å². The van der Waals surface area contributed by atoms with Crippen LogP contribution in [0.2, 0.25) is 0 Å². The van der Waals surface area contributed by atoms with Crippen molar-refractivity contribution in [2.75, 3.05) is 13.7 Å². The largest absolute Gasteiger partial charge is 0.507 e. The van der Waals surface area contributed by atoms with Gasteiger partial charge in [-0.1, -0.05) is 6.07 Å². The molecular weight excluding hydrogens is 210 g/mol. The highest BCUT2D eigenvalue weighted by Crippen LogP contribution is 2.17. The molecule has 1 aromatic carbocycles. The SMILES string of the molecule is COC(=O)CNC(=O)c1ccc(C)cc1O. The molecule has 5 nitrogen and oxygen atoms in total. The second-order valence-corrected chi connectivity index (χ2v) is 3.28. The van der Waals surface area contributed by atoms with Crippen molar-refractivity contribution in [2.24, 2.45) is 0 Å². The molecule has 0 bridgehead atoms. The minimum atomic E-state index is -0.542. The molecule has 0 aliphatic rings. The maximum atomic E-state index is 11.5. The molecule has 1 aromatic rings. The normalized spacial score (nSPS) is 9.62. The third-order valence-corrected chi connectivity index (χ3v) is 2.02. The number of nitrogens with one attached hydrogen (secondary N) is 1. The topological polar surface area (TPSA) is 75.6 Å². The van der Waals surface area contributed by atoms with Gasteiger partial charge in [-0.2, -0.15) is 0 Å². The van der Waals surface area contributed by atoms with E-state index in [0.717, 1.165) is 5.56 Å². The minimum absolute atomic E-state index is 0.109. The van der Waals surface area contributed by atoms with Crippen LogP contribution in [0.5, 0.6) is 5.75 Å². The number of benzene rings is 1. The van der Waals surface area contributed by atoms with Crippen molar-refractivity contribution in [2.45, 2.75) is 6.92 Å². The molecule has 0 saturated carbocycles. The second-order valence-electron chi connectivity index (χ2n) is 3.28. The van der Waals surface area contributed by atoms with Crippen molar-refractivity contribution in [3.8, 4) is 5.75 Å². The molecule has 2 N–H and O–H groups in total. The van der Waals surface area contributed by atoms with Crippen LogP contribution in [0.15, 0.2) is 18.2 Å². The molecule has 1 rings (SSSR count). The summed E-state index contributed by atoms with van der Waals surface area (Å²) < 4.78 is 4.37. The van der Waals surface area contributed by atoms with Crippen molar-refractivity contribution < 1.29 is 19.4 Å². The summed E-state index contributed by atoms with van der Waals surface area (Å²) in [6.07, 6.45) is 0. The molecule has 0 radical (unpaired) electrons. The Morgan fingerprint density at radius 3 is 2.69 bits per heavy atom. The highest BCUT2D eigenvalue weighted by atomic mass is 16.5. The van der Waals surface area contributed by atoms with Crippen LogP contribution in [0.25, 0.3) is 0 Å². The summed E-state index contributed by atoms with van der Waals surface area (Å²) >= 11 is 0. The Hall–Kier alpha value is -2.04. The first-order valence-electron chi connectivity index (χ1n) is 4.69. The number of amides is 1. The number of ether oxygens (including phenoxy) is 1. The highest BCUT2D eigenvalue weighted by Gasteiger charge is 2.11. The zero-order chi connectivity index (χ0) is 12.1. The summed E-state index contributed by atoms with van der Waals surface area (Å²) in [5, 5.41) is 11.8. The van der Waals surface area contributed by atoms with Crippen LogP contribution in [0.1, 0.15) is 15.9 Å². The van der Waals surface area contributed by atoms with Gasteiger partial charge in [0, 0.05) is 0 Å². The number of carbonyl (C=O) groups is 2. The predicted octanol–water partition coefficient (Wildman–Crippen LogP) is 0.603. The molecular formula is C11H13NO4. The first kappa shape index (κ1) is 12.0. The molecule has 0 spiro atoms. The lowest BCUT2D eigenvalue weighted by Crippen LogP contribution is -2.30. The Labute approximate surface area is 93.0 Å². The molecule has 0 aliphatic heterocycles. The molecule has 1 amide bonds. The number of aryl methyl sites for hydroxylation is 1. The van der Waals surface area contributed by atoms with Crippen LogP contribution in [0, 0.1) is 6.92 Å². The van der Waals surface area contributed by atoms with Crippen LogP contribution in [0.4, 0.5) is 0 Å². The van der Waals surface area contributed by atoms with Crippen molar-refractivity contribution in [1.82, 2.24) is 5.32 Å². The van der Waals surface area contributed by atoms with Gasteiger partial charge >= 0.3 is 5.97 Å². The van der Waals surface area contributed by atoms with E-state index >= 15 is 0 Å². The lowest BCUT2D eigenvalue weighted by Gasteiger charge is -2.06. The third kappa shape index (κ3) is 2.98. The molecule has 16 heavy (non-hydrogen) atoms. The maximum Gasteiger partial charge on any atom is 0.325 e. The second kappa shape index (κ2) is 5.16. The number of hydrogen-bond donors (Lipinski definition) is 2. The van der Waals surface area contributed by atoms with E-state index in [1.165, 1.54) is 19.2 Å². The van der Waals surface area contributed by atoms with Gasteiger partial charge in [0.1, 0.15) is 12.3 Å². The van der Waals surface area contributed by atoms with Gasteiger partial charge in [0.2, 0.25) is 0 Å². The van der Waals surface area contributed by atoms with Crippen molar-refractivity contribution in [3.05, 3.63) is 29.3 Å². The number of phenols is 1. The summed E-state index contributed by atoms with van der Waals surface area (Å²) in [4.78, 5) is 22.3. The van der Waals surface area contributed by atoms with Gasteiger partial charge in [-0.3, -0.25) is 9.59 Å². The van der Waals surface area contributed by atoms with Gasteiger partial charge < -0.3 is 15.2 Å². The van der Waals surface area contributed by atoms with Gasteiger partial charge in [0.05, 0.1) is 12.7 Å². The molecule has 0 heterocycles. The Bertz CT molecular complexity index is 414. The zero-order valence-corrected chi connectivity index (χ0v) is 9.11. The maximum absolute atomic E-state index is 11.5. The molecule has 0 saturated heterocycles. The van der Waals surface area contributed by atoms with E-state index in [9.17, 15) is 14.7 Å². The molecule has 0 aromatic heterocycles. The first-order chi connectivity index (χ1) is 7.54. The lowest BCUT2D eigenvalue weighted by molar-refractivity contribution is -0.139. The molecule has 0 fully saturated rings. The number of rotatable bonds is 3. The summed E-state index contributed by atoms with van der Waals surface area (Å²) in [6.45, 7) is 1.58. The smallest absolute Gasteiger partial charge is 0.325 e. The zero-order valence-electron chi connectivity index (χ0n) is 9.11. The Morgan fingerprint density at radius 1 is 1.44 bits per heavy atom. The standard InChI is InChI=1S/C11H13NO4/c1-7-3-4-8(9(13)5-7)11(15)12-6-10(14)16-2/h3-5,13H,6H2,1-2H3,(H,12,15). The quantitative estimate of drug-likeness (QED) is 0.736. The summed E-state index contributed by atoms with van der Waals surface area (Å²) in [7, 11) is 1.23. The van der Waals surface area contributed by atoms with Crippen molar-refractivity contribution in [1.29, 1.82) is 0 Å².